The number of likely N-dealkylation sites (tertiary alicyclic amines) is 1. The highest BCUT2D eigenvalue weighted by atomic mass is 35.5. The molecular formula is C14H20ClNO2S. The molecule has 1 aliphatic rings. The Bertz CT molecular complexity index is 435. The number of hydrogen-bond acceptors (Lipinski definition) is 3. The predicted molar refractivity (Wildman–Crippen MR) is 78.7 cm³/mol. The monoisotopic (exact) mass is 301 g/mol. The van der Waals surface area contributed by atoms with Crippen LogP contribution in [-0.2, 0) is 15.1 Å². The Hall–Kier alpha value is -0.580. The number of ether oxygens (including phenoxy) is 1. The number of thiophene rings is 1. The maximum Gasteiger partial charge on any atom is 0.244 e. The summed E-state index contributed by atoms with van der Waals surface area (Å²) in [5.41, 5.74) is -0.371. The molecule has 2 heterocycles. The largest absolute Gasteiger partial charge is 0.380 e. The predicted octanol–water partition coefficient (Wildman–Crippen LogP) is 3.09. The third-order valence-corrected chi connectivity index (χ3v) is 5.30. The zero-order valence-electron chi connectivity index (χ0n) is 11.6. The van der Waals surface area contributed by atoms with E-state index in [4.69, 9.17) is 16.3 Å². The molecular weight excluding hydrogens is 282 g/mol. The molecule has 1 amide bonds. The number of rotatable bonds is 6. The summed E-state index contributed by atoms with van der Waals surface area (Å²) in [6.45, 7) is 8.03. The van der Waals surface area contributed by atoms with Crippen molar-refractivity contribution < 1.29 is 9.53 Å². The fourth-order valence-electron chi connectivity index (χ4n) is 2.83. The Kier molecular flexibility index (Phi) is 4.54. The van der Waals surface area contributed by atoms with Crippen LogP contribution < -0.4 is 0 Å². The Balaban J connectivity index is 2.27. The maximum atomic E-state index is 12.1. The third-order valence-electron chi connectivity index (χ3n) is 3.78. The summed E-state index contributed by atoms with van der Waals surface area (Å²) in [4.78, 5) is 15.2. The zero-order chi connectivity index (χ0) is 14.0. The van der Waals surface area contributed by atoms with Gasteiger partial charge in [0.05, 0.1) is 6.61 Å². The van der Waals surface area contributed by atoms with Crippen LogP contribution in [0, 0.1) is 5.92 Å². The second kappa shape index (κ2) is 5.81. The summed E-state index contributed by atoms with van der Waals surface area (Å²) in [7, 11) is 0. The highest BCUT2D eigenvalue weighted by Gasteiger charge is 2.62. The molecule has 19 heavy (non-hydrogen) atoms. The van der Waals surface area contributed by atoms with Crippen LogP contribution in [0.2, 0.25) is 0 Å². The summed E-state index contributed by atoms with van der Waals surface area (Å²) in [5, 5.41) is 1.57. The van der Waals surface area contributed by atoms with E-state index in [1.165, 1.54) is 4.88 Å². The van der Waals surface area contributed by atoms with Crippen molar-refractivity contribution in [3.63, 3.8) is 0 Å². The fourth-order valence-corrected chi connectivity index (χ4v) is 4.61. The van der Waals surface area contributed by atoms with Gasteiger partial charge >= 0.3 is 0 Å². The van der Waals surface area contributed by atoms with E-state index in [0.717, 1.165) is 0 Å². The number of halogens is 1. The van der Waals surface area contributed by atoms with Crippen LogP contribution in [0.3, 0.4) is 0 Å². The zero-order valence-corrected chi connectivity index (χ0v) is 13.1. The van der Waals surface area contributed by atoms with Gasteiger partial charge in [0.15, 0.2) is 0 Å². The van der Waals surface area contributed by atoms with Crippen molar-refractivity contribution >= 4 is 28.8 Å². The van der Waals surface area contributed by atoms with Crippen molar-refractivity contribution in [2.45, 2.75) is 31.7 Å². The minimum atomic E-state index is -0.465. The third kappa shape index (κ3) is 2.20. The Morgan fingerprint density at radius 2 is 2.32 bits per heavy atom. The lowest BCUT2D eigenvalue weighted by molar-refractivity contribution is -0.163. The average Bonchev–Trinajstić information content (AvgIpc) is 2.90. The topological polar surface area (TPSA) is 29.5 Å². The van der Waals surface area contributed by atoms with Gasteiger partial charge in [-0.3, -0.25) is 4.79 Å². The average molecular weight is 302 g/mol. The molecule has 0 aliphatic carbocycles. The van der Waals surface area contributed by atoms with Crippen molar-refractivity contribution in [3.8, 4) is 0 Å². The number of nitrogens with zero attached hydrogens (tertiary/aromatic N) is 1. The molecule has 1 aromatic rings. The van der Waals surface area contributed by atoms with Crippen LogP contribution >= 0.6 is 22.9 Å². The lowest BCUT2D eigenvalue weighted by atomic mass is 9.73. The van der Waals surface area contributed by atoms with Crippen molar-refractivity contribution in [2.24, 2.45) is 5.92 Å². The number of amides is 1. The van der Waals surface area contributed by atoms with Crippen molar-refractivity contribution in [3.05, 3.63) is 22.4 Å². The normalized spacial score (nSPS) is 26.9. The van der Waals surface area contributed by atoms with Gasteiger partial charge in [-0.2, -0.15) is 0 Å². The molecule has 0 aromatic carbocycles. The Morgan fingerprint density at radius 3 is 2.84 bits per heavy atom. The summed E-state index contributed by atoms with van der Waals surface area (Å²) >= 11 is 8.05. The molecule has 2 atom stereocenters. The first kappa shape index (κ1) is 14.8. The smallest absolute Gasteiger partial charge is 0.244 e. The highest BCUT2D eigenvalue weighted by molar-refractivity contribution is 7.10. The van der Waals surface area contributed by atoms with E-state index >= 15 is 0 Å². The van der Waals surface area contributed by atoms with Gasteiger partial charge in [0.25, 0.3) is 0 Å². The summed E-state index contributed by atoms with van der Waals surface area (Å²) in [6.07, 6.45) is 0. The standard InChI is InChI=1S/C14H20ClNO2S/c1-4-18-8-7-16-13(17)12(15)14(16,10(2)3)11-6-5-9-19-11/h5-6,9-10,12H,4,7-8H2,1-3H3. The minimum absolute atomic E-state index is 0.0171. The Labute approximate surface area is 123 Å². The number of alkyl halides is 1. The minimum Gasteiger partial charge on any atom is -0.380 e. The van der Waals surface area contributed by atoms with Crippen LogP contribution in [0.5, 0.6) is 0 Å². The van der Waals surface area contributed by atoms with Gasteiger partial charge in [0.1, 0.15) is 10.9 Å². The number of hydrogen-bond donors (Lipinski definition) is 0. The molecule has 0 saturated carbocycles. The van der Waals surface area contributed by atoms with Crippen molar-refractivity contribution in [1.82, 2.24) is 4.90 Å². The second-order valence-corrected chi connectivity index (χ2v) is 6.39. The van der Waals surface area contributed by atoms with Crippen LogP contribution in [0.1, 0.15) is 25.6 Å². The van der Waals surface area contributed by atoms with Gasteiger partial charge in [0, 0.05) is 18.0 Å². The Morgan fingerprint density at radius 1 is 1.58 bits per heavy atom. The molecule has 2 rings (SSSR count). The van der Waals surface area contributed by atoms with E-state index in [1.54, 1.807) is 11.3 Å². The lowest BCUT2D eigenvalue weighted by Gasteiger charge is -2.57. The summed E-state index contributed by atoms with van der Waals surface area (Å²) in [6, 6.07) is 4.08. The number of carbonyl (C=O) groups is 1. The van der Waals surface area contributed by atoms with E-state index in [2.05, 4.69) is 19.9 Å². The van der Waals surface area contributed by atoms with Crippen molar-refractivity contribution in [1.29, 1.82) is 0 Å². The van der Waals surface area contributed by atoms with Gasteiger partial charge in [-0.05, 0) is 24.3 Å². The number of β-lactam (4-membered cyclic amide) rings is 1. The fraction of sp³-hybridized carbons (Fsp3) is 0.643. The highest BCUT2D eigenvalue weighted by Crippen LogP contribution is 2.51. The first-order valence-corrected chi connectivity index (χ1v) is 7.95. The quantitative estimate of drug-likeness (QED) is 0.459. The van der Waals surface area contributed by atoms with Gasteiger partial charge in [-0.25, -0.2) is 0 Å². The van der Waals surface area contributed by atoms with Crippen LogP contribution in [0.25, 0.3) is 0 Å². The first-order valence-electron chi connectivity index (χ1n) is 6.64. The van der Waals surface area contributed by atoms with E-state index < -0.39 is 5.38 Å². The van der Waals surface area contributed by atoms with Gasteiger partial charge < -0.3 is 9.64 Å². The molecule has 0 radical (unpaired) electrons. The van der Waals surface area contributed by atoms with Crippen LogP contribution in [0.15, 0.2) is 17.5 Å². The SMILES string of the molecule is CCOCCN1C(=O)C(Cl)C1(c1cccs1)C(C)C. The van der Waals surface area contributed by atoms with E-state index in [9.17, 15) is 4.79 Å². The van der Waals surface area contributed by atoms with Gasteiger partial charge in [-0.1, -0.05) is 19.9 Å². The maximum absolute atomic E-state index is 12.1. The molecule has 1 fully saturated rings. The van der Waals surface area contributed by atoms with Gasteiger partial charge in [0.2, 0.25) is 5.91 Å². The molecule has 1 saturated heterocycles. The lowest BCUT2D eigenvalue weighted by Crippen LogP contribution is -2.72. The van der Waals surface area contributed by atoms with E-state index in [1.807, 2.05) is 23.3 Å². The molecule has 0 bridgehead atoms. The molecule has 5 heteroatoms. The summed E-state index contributed by atoms with van der Waals surface area (Å²) in [5.74, 6) is 0.288. The molecule has 0 spiro atoms. The second-order valence-electron chi connectivity index (χ2n) is 5.01. The van der Waals surface area contributed by atoms with Crippen LogP contribution in [0.4, 0.5) is 0 Å². The number of carbonyl (C=O) groups excluding carboxylic acids is 1. The summed E-state index contributed by atoms with van der Waals surface area (Å²) < 4.78 is 5.38. The molecule has 3 nitrogen and oxygen atoms in total. The van der Waals surface area contributed by atoms with E-state index in [-0.39, 0.29) is 17.4 Å². The van der Waals surface area contributed by atoms with Crippen molar-refractivity contribution in [2.75, 3.05) is 19.8 Å². The van der Waals surface area contributed by atoms with Crippen LogP contribution in [-0.4, -0.2) is 35.9 Å². The first-order chi connectivity index (χ1) is 9.06. The van der Waals surface area contributed by atoms with E-state index in [0.29, 0.717) is 19.8 Å². The van der Waals surface area contributed by atoms with Gasteiger partial charge in [-0.15, -0.1) is 22.9 Å². The molecule has 1 aromatic heterocycles. The molecule has 0 N–H and O–H groups in total. The molecule has 2 unspecified atom stereocenters. The molecule has 106 valence electrons. The molecule has 1 aliphatic heterocycles.